The molecule has 1 fully saturated rings. The third-order valence-electron chi connectivity index (χ3n) is 1.73. The van der Waals surface area contributed by atoms with Gasteiger partial charge in [-0.25, -0.2) is 0 Å². The fourth-order valence-electron chi connectivity index (χ4n) is 1.18. The molecule has 1 rings (SSSR count). The van der Waals surface area contributed by atoms with Crippen LogP contribution in [0, 0.1) is 0 Å². The zero-order valence-corrected chi connectivity index (χ0v) is 7.04. The summed E-state index contributed by atoms with van der Waals surface area (Å²) in [6, 6.07) is 0. The second-order valence-corrected chi connectivity index (χ2v) is 2.92. The molecule has 4 heteroatoms. The molecule has 4 nitrogen and oxygen atoms in total. The Hall–Kier alpha value is -0.740. The van der Waals surface area contributed by atoms with Crippen LogP contribution in [0.4, 0.5) is 0 Å². The lowest BCUT2D eigenvalue weighted by atomic mass is 10.1. The first-order valence-electron chi connectivity index (χ1n) is 3.89. The Morgan fingerprint density at radius 3 is 2.58 bits per heavy atom. The van der Waals surface area contributed by atoms with Crippen LogP contribution in [0.1, 0.15) is 19.8 Å². The molecule has 12 heavy (non-hydrogen) atoms. The molecular formula is C8H12O4. The minimum absolute atomic E-state index is 0.0533. The quantitative estimate of drug-likeness (QED) is 0.452. The molecule has 0 amide bonds. The van der Waals surface area contributed by atoms with Crippen molar-refractivity contribution in [1.82, 2.24) is 0 Å². The molecule has 1 heterocycles. The van der Waals surface area contributed by atoms with Crippen LogP contribution >= 0.6 is 0 Å². The third kappa shape index (κ3) is 2.39. The van der Waals surface area contributed by atoms with Crippen molar-refractivity contribution >= 4 is 12.1 Å². The number of hydrogen-bond acceptors (Lipinski definition) is 4. The Morgan fingerprint density at radius 2 is 2.08 bits per heavy atom. The van der Waals surface area contributed by atoms with Gasteiger partial charge in [0.05, 0.1) is 26.1 Å². The molecule has 0 N–H and O–H groups in total. The van der Waals surface area contributed by atoms with E-state index < -0.39 is 5.79 Å². The molecule has 0 saturated carbocycles. The van der Waals surface area contributed by atoms with Crippen molar-refractivity contribution in [3.8, 4) is 0 Å². The number of ketones is 1. The van der Waals surface area contributed by atoms with Gasteiger partial charge in [-0.2, -0.15) is 0 Å². The molecule has 0 aliphatic carbocycles. The van der Waals surface area contributed by atoms with Crippen LogP contribution in [0.25, 0.3) is 0 Å². The van der Waals surface area contributed by atoms with E-state index in [1.165, 1.54) is 0 Å². The lowest BCUT2D eigenvalue weighted by molar-refractivity contribution is -0.158. The van der Waals surface area contributed by atoms with E-state index in [-0.39, 0.29) is 18.6 Å². The first-order chi connectivity index (χ1) is 5.66. The van der Waals surface area contributed by atoms with Crippen LogP contribution in [0.3, 0.4) is 0 Å². The molecule has 1 saturated heterocycles. The van der Waals surface area contributed by atoms with E-state index >= 15 is 0 Å². The molecule has 0 bridgehead atoms. The van der Waals surface area contributed by atoms with E-state index in [4.69, 9.17) is 9.47 Å². The van der Waals surface area contributed by atoms with Crippen molar-refractivity contribution in [3.63, 3.8) is 0 Å². The normalized spacial score (nSPS) is 20.8. The van der Waals surface area contributed by atoms with Crippen LogP contribution in [-0.2, 0) is 19.1 Å². The van der Waals surface area contributed by atoms with E-state index in [2.05, 4.69) is 0 Å². The summed E-state index contributed by atoms with van der Waals surface area (Å²) in [7, 11) is 0. The van der Waals surface area contributed by atoms with Crippen molar-refractivity contribution in [2.45, 2.75) is 25.6 Å². The second-order valence-electron chi connectivity index (χ2n) is 2.92. The summed E-state index contributed by atoms with van der Waals surface area (Å²) in [6.07, 6.45) is 0.703. The zero-order valence-electron chi connectivity index (χ0n) is 7.04. The molecule has 0 aromatic heterocycles. The fraction of sp³-hybridized carbons (Fsp3) is 0.750. The second kappa shape index (κ2) is 3.78. The third-order valence-corrected chi connectivity index (χ3v) is 1.73. The first kappa shape index (κ1) is 9.35. The molecule has 0 atom stereocenters. The van der Waals surface area contributed by atoms with Crippen LogP contribution < -0.4 is 0 Å². The average Bonchev–Trinajstić information content (AvgIpc) is 2.36. The summed E-state index contributed by atoms with van der Waals surface area (Å²) in [6.45, 7) is 2.75. The van der Waals surface area contributed by atoms with Gasteiger partial charge in [0.1, 0.15) is 12.1 Å². The number of hydrogen-bond donors (Lipinski definition) is 0. The molecule has 0 unspecified atom stereocenters. The van der Waals surface area contributed by atoms with Crippen molar-refractivity contribution in [1.29, 1.82) is 0 Å². The Balaban J connectivity index is 2.38. The number of carbonyl (C=O) groups excluding carboxylic acids is 2. The maximum atomic E-state index is 11.0. The van der Waals surface area contributed by atoms with E-state index in [0.29, 0.717) is 19.5 Å². The van der Waals surface area contributed by atoms with Crippen LogP contribution in [0.15, 0.2) is 0 Å². The SMILES string of the molecule is CC1(CC(=O)CC=O)OCCO1. The Bertz CT molecular complexity index is 181. The largest absolute Gasteiger partial charge is 0.347 e. The van der Waals surface area contributed by atoms with Gasteiger partial charge in [-0.05, 0) is 6.92 Å². The monoisotopic (exact) mass is 172 g/mol. The highest BCUT2D eigenvalue weighted by molar-refractivity contribution is 5.90. The van der Waals surface area contributed by atoms with Gasteiger partial charge in [0, 0.05) is 0 Å². The topological polar surface area (TPSA) is 52.6 Å². The Kier molecular flexibility index (Phi) is 2.94. The van der Waals surface area contributed by atoms with Gasteiger partial charge in [0.25, 0.3) is 0 Å². The summed E-state index contributed by atoms with van der Waals surface area (Å²) in [5.74, 6) is -0.936. The molecule has 0 radical (unpaired) electrons. The summed E-state index contributed by atoms with van der Waals surface area (Å²) >= 11 is 0. The predicted molar refractivity (Wildman–Crippen MR) is 40.6 cm³/mol. The molecule has 1 aliphatic heterocycles. The van der Waals surface area contributed by atoms with Gasteiger partial charge in [-0.15, -0.1) is 0 Å². The molecule has 68 valence electrons. The summed E-state index contributed by atoms with van der Waals surface area (Å²) in [4.78, 5) is 21.0. The molecule has 0 spiro atoms. The zero-order chi connectivity index (χ0) is 9.03. The highest BCUT2D eigenvalue weighted by Crippen LogP contribution is 2.22. The van der Waals surface area contributed by atoms with Crippen molar-refractivity contribution in [2.75, 3.05) is 13.2 Å². The maximum Gasteiger partial charge on any atom is 0.172 e. The number of rotatable bonds is 4. The first-order valence-corrected chi connectivity index (χ1v) is 3.89. The van der Waals surface area contributed by atoms with Crippen LogP contribution in [0.2, 0.25) is 0 Å². The van der Waals surface area contributed by atoms with Crippen LogP contribution in [0.5, 0.6) is 0 Å². The smallest absolute Gasteiger partial charge is 0.172 e. The molecule has 0 aromatic rings. The fourth-order valence-corrected chi connectivity index (χ4v) is 1.18. The predicted octanol–water partition coefficient (Wildman–Crippen LogP) is 0.298. The standard InChI is InChI=1S/C8H12O4/c1-8(11-4-5-12-8)6-7(10)2-3-9/h3H,2,4-6H2,1H3. The lowest BCUT2D eigenvalue weighted by Crippen LogP contribution is -2.29. The minimum Gasteiger partial charge on any atom is -0.347 e. The van der Waals surface area contributed by atoms with Crippen molar-refractivity contribution in [3.05, 3.63) is 0 Å². The Labute approximate surface area is 70.8 Å². The average molecular weight is 172 g/mol. The number of aldehydes is 1. The highest BCUT2D eigenvalue weighted by atomic mass is 16.7. The van der Waals surface area contributed by atoms with E-state index in [9.17, 15) is 9.59 Å². The van der Waals surface area contributed by atoms with Gasteiger partial charge >= 0.3 is 0 Å². The van der Waals surface area contributed by atoms with Crippen molar-refractivity contribution in [2.24, 2.45) is 0 Å². The van der Waals surface area contributed by atoms with E-state index in [1.807, 2.05) is 0 Å². The van der Waals surface area contributed by atoms with Gasteiger partial charge in [0.2, 0.25) is 0 Å². The minimum atomic E-state index is -0.792. The van der Waals surface area contributed by atoms with E-state index in [1.54, 1.807) is 6.92 Å². The molecule has 1 aliphatic rings. The summed E-state index contributed by atoms with van der Waals surface area (Å²) in [5.41, 5.74) is 0. The van der Waals surface area contributed by atoms with Crippen LogP contribution in [-0.4, -0.2) is 31.1 Å². The van der Waals surface area contributed by atoms with Gasteiger partial charge in [-0.3, -0.25) is 4.79 Å². The summed E-state index contributed by atoms with van der Waals surface area (Å²) < 4.78 is 10.4. The summed E-state index contributed by atoms with van der Waals surface area (Å²) in [5, 5.41) is 0. The van der Waals surface area contributed by atoms with Gasteiger partial charge in [-0.1, -0.05) is 0 Å². The van der Waals surface area contributed by atoms with E-state index in [0.717, 1.165) is 0 Å². The number of Topliss-reactive ketones (excluding diaryl/α,β-unsaturated/α-hetero) is 1. The maximum absolute atomic E-state index is 11.0. The lowest BCUT2D eigenvalue weighted by Gasteiger charge is -2.20. The number of ether oxygens (including phenoxy) is 2. The van der Waals surface area contributed by atoms with Gasteiger partial charge in [0.15, 0.2) is 5.79 Å². The number of carbonyl (C=O) groups is 2. The van der Waals surface area contributed by atoms with Gasteiger partial charge < -0.3 is 14.3 Å². The Morgan fingerprint density at radius 1 is 1.50 bits per heavy atom. The highest BCUT2D eigenvalue weighted by Gasteiger charge is 2.32. The van der Waals surface area contributed by atoms with Crippen molar-refractivity contribution < 1.29 is 19.1 Å². The molecule has 0 aromatic carbocycles. The molecular weight excluding hydrogens is 160 g/mol.